The molecule has 2 aromatic heterocycles. The van der Waals surface area contributed by atoms with E-state index in [1.54, 1.807) is 6.08 Å². The molecule has 2 N–H and O–H groups in total. The van der Waals surface area contributed by atoms with E-state index in [4.69, 9.17) is 16.3 Å². The number of anilines is 1. The summed E-state index contributed by atoms with van der Waals surface area (Å²) in [7, 11) is 0. The SMILES string of the molecule is N#CC(C#N)=Cc1ccc(-c2ccc(N)s2)s1. The molecule has 2 heterocycles. The van der Waals surface area contributed by atoms with E-state index in [-0.39, 0.29) is 5.57 Å². The van der Waals surface area contributed by atoms with Gasteiger partial charge in [0.2, 0.25) is 0 Å². The average Bonchev–Trinajstić information content (AvgIpc) is 2.94. The highest BCUT2D eigenvalue weighted by Crippen LogP contribution is 2.35. The minimum atomic E-state index is 0.115. The Hall–Kier alpha value is -2.08. The van der Waals surface area contributed by atoms with Crippen LogP contribution in [0, 0.1) is 22.7 Å². The van der Waals surface area contributed by atoms with E-state index in [2.05, 4.69) is 0 Å². The van der Waals surface area contributed by atoms with Gasteiger partial charge in [-0.2, -0.15) is 10.5 Å². The Morgan fingerprint density at radius 3 is 2.29 bits per heavy atom. The summed E-state index contributed by atoms with van der Waals surface area (Å²) < 4.78 is 0. The number of rotatable bonds is 2. The molecule has 0 aromatic carbocycles. The first-order valence-electron chi connectivity index (χ1n) is 4.70. The summed E-state index contributed by atoms with van der Waals surface area (Å²) in [6.45, 7) is 0. The van der Waals surface area contributed by atoms with Crippen LogP contribution in [0.2, 0.25) is 0 Å². The number of hydrogen-bond acceptors (Lipinski definition) is 5. The molecule has 0 aliphatic heterocycles. The Labute approximate surface area is 107 Å². The number of nitriles is 2. The van der Waals surface area contributed by atoms with Crippen molar-refractivity contribution in [1.29, 1.82) is 10.5 Å². The summed E-state index contributed by atoms with van der Waals surface area (Å²) in [5.74, 6) is 0. The van der Waals surface area contributed by atoms with E-state index in [0.717, 1.165) is 19.6 Å². The molecule has 2 aromatic rings. The van der Waals surface area contributed by atoms with Crippen molar-refractivity contribution in [2.24, 2.45) is 0 Å². The predicted octanol–water partition coefficient (Wildman–Crippen LogP) is 3.49. The average molecular weight is 257 g/mol. The monoisotopic (exact) mass is 257 g/mol. The standard InChI is InChI=1S/C12H7N3S2/c13-6-8(7-14)5-9-1-2-10(16-9)11-3-4-12(15)17-11/h1-5H,15H2. The van der Waals surface area contributed by atoms with E-state index < -0.39 is 0 Å². The van der Waals surface area contributed by atoms with Gasteiger partial charge in [-0.1, -0.05) is 0 Å². The van der Waals surface area contributed by atoms with Gasteiger partial charge in [0.25, 0.3) is 0 Å². The Kier molecular flexibility index (Phi) is 3.24. The zero-order valence-corrected chi connectivity index (χ0v) is 10.3. The Morgan fingerprint density at radius 2 is 1.71 bits per heavy atom. The molecule has 5 heteroatoms. The molecule has 0 saturated carbocycles. The van der Waals surface area contributed by atoms with Gasteiger partial charge in [0, 0.05) is 14.6 Å². The number of thiophene rings is 2. The van der Waals surface area contributed by atoms with Crippen molar-refractivity contribution in [2.75, 3.05) is 5.73 Å². The molecule has 3 nitrogen and oxygen atoms in total. The van der Waals surface area contributed by atoms with E-state index in [9.17, 15) is 0 Å². The number of hydrogen-bond donors (Lipinski definition) is 1. The lowest BCUT2D eigenvalue weighted by atomic mass is 10.3. The first kappa shape index (κ1) is 11.4. The van der Waals surface area contributed by atoms with Crippen molar-refractivity contribution in [3.63, 3.8) is 0 Å². The predicted molar refractivity (Wildman–Crippen MR) is 71.2 cm³/mol. The van der Waals surface area contributed by atoms with Crippen LogP contribution in [0.15, 0.2) is 29.8 Å². The van der Waals surface area contributed by atoms with Crippen LogP contribution in [0.5, 0.6) is 0 Å². The van der Waals surface area contributed by atoms with Gasteiger partial charge >= 0.3 is 0 Å². The normalized spacial score (nSPS) is 9.29. The molecule has 17 heavy (non-hydrogen) atoms. The fraction of sp³-hybridized carbons (Fsp3) is 0. The third-order valence-electron chi connectivity index (χ3n) is 2.02. The van der Waals surface area contributed by atoms with Crippen LogP contribution in [0.3, 0.4) is 0 Å². The number of nitrogen functional groups attached to an aromatic ring is 1. The summed E-state index contributed by atoms with van der Waals surface area (Å²) in [4.78, 5) is 3.08. The van der Waals surface area contributed by atoms with Crippen LogP contribution >= 0.6 is 22.7 Å². The quantitative estimate of drug-likeness (QED) is 0.837. The lowest BCUT2D eigenvalue weighted by Gasteiger charge is -1.88. The molecule has 0 spiro atoms. The summed E-state index contributed by atoms with van der Waals surface area (Å²) >= 11 is 3.06. The molecule has 0 fully saturated rings. The first-order chi connectivity index (χ1) is 8.22. The number of nitrogens with zero attached hydrogens (tertiary/aromatic N) is 2. The van der Waals surface area contributed by atoms with Crippen LogP contribution in [0.4, 0.5) is 5.00 Å². The lowest BCUT2D eigenvalue weighted by molar-refractivity contribution is 1.47. The molecule has 0 unspecified atom stereocenters. The highest BCUT2D eigenvalue weighted by molar-refractivity contribution is 7.24. The van der Waals surface area contributed by atoms with Crippen LogP contribution in [0.1, 0.15) is 4.88 Å². The van der Waals surface area contributed by atoms with Gasteiger partial charge in [-0.15, -0.1) is 22.7 Å². The van der Waals surface area contributed by atoms with Crippen molar-refractivity contribution in [3.05, 3.63) is 34.7 Å². The third kappa shape index (κ3) is 2.54. The maximum absolute atomic E-state index is 8.66. The second-order valence-electron chi connectivity index (χ2n) is 3.19. The molecule has 0 atom stereocenters. The van der Waals surface area contributed by atoms with E-state index in [1.165, 1.54) is 22.7 Å². The first-order valence-corrected chi connectivity index (χ1v) is 6.33. The van der Waals surface area contributed by atoms with Gasteiger partial charge < -0.3 is 5.73 Å². The van der Waals surface area contributed by atoms with Crippen molar-refractivity contribution < 1.29 is 0 Å². The van der Waals surface area contributed by atoms with Gasteiger partial charge in [-0.3, -0.25) is 0 Å². The van der Waals surface area contributed by atoms with Gasteiger partial charge in [0.1, 0.15) is 17.7 Å². The maximum Gasteiger partial charge on any atom is 0.131 e. The second kappa shape index (κ2) is 4.84. The minimum Gasteiger partial charge on any atom is -0.391 e. The van der Waals surface area contributed by atoms with Gasteiger partial charge in [-0.25, -0.2) is 0 Å². The zero-order chi connectivity index (χ0) is 12.3. The fourth-order valence-electron chi connectivity index (χ4n) is 1.28. The maximum atomic E-state index is 8.66. The Morgan fingerprint density at radius 1 is 1.06 bits per heavy atom. The zero-order valence-electron chi connectivity index (χ0n) is 8.68. The van der Waals surface area contributed by atoms with Crippen LogP contribution in [0.25, 0.3) is 15.8 Å². The molecular formula is C12H7N3S2. The van der Waals surface area contributed by atoms with Gasteiger partial charge in [0.15, 0.2) is 0 Å². The van der Waals surface area contributed by atoms with Crippen molar-refractivity contribution in [1.82, 2.24) is 0 Å². The number of allylic oxidation sites excluding steroid dienone is 1. The van der Waals surface area contributed by atoms with Crippen LogP contribution < -0.4 is 5.73 Å². The highest BCUT2D eigenvalue weighted by Gasteiger charge is 2.04. The Bertz CT molecular complexity index is 634. The molecule has 0 amide bonds. The molecule has 0 radical (unpaired) electrons. The summed E-state index contributed by atoms with van der Waals surface area (Å²) in [5, 5.41) is 18.1. The molecule has 2 rings (SSSR count). The smallest absolute Gasteiger partial charge is 0.131 e. The number of nitrogens with two attached hydrogens (primary N) is 1. The van der Waals surface area contributed by atoms with Crippen LogP contribution in [-0.4, -0.2) is 0 Å². The molecule has 0 bridgehead atoms. The fourth-order valence-corrected chi connectivity index (χ4v) is 3.10. The molecule has 82 valence electrons. The van der Waals surface area contributed by atoms with Gasteiger partial charge in [0.05, 0.1) is 5.00 Å². The summed E-state index contributed by atoms with van der Waals surface area (Å²) in [6.07, 6.45) is 1.59. The third-order valence-corrected chi connectivity index (χ3v) is 4.17. The van der Waals surface area contributed by atoms with Crippen molar-refractivity contribution >= 4 is 33.8 Å². The molecular weight excluding hydrogens is 250 g/mol. The summed E-state index contributed by atoms with van der Waals surface area (Å²) in [5.41, 5.74) is 5.79. The topological polar surface area (TPSA) is 73.6 Å². The summed E-state index contributed by atoms with van der Waals surface area (Å²) in [6, 6.07) is 11.4. The second-order valence-corrected chi connectivity index (χ2v) is 5.42. The molecule has 0 aliphatic rings. The van der Waals surface area contributed by atoms with E-state index in [1.807, 2.05) is 36.4 Å². The van der Waals surface area contributed by atoms with Gasteiger partial charge in [-0.05, 0) is 30.3 Å². The Balaban J connectivity index is 2.32. The minimum absolute atomic E-state index is 0.115. The van der Waals surface area contributed by atoms with Crippen molar-refractivity contribution in [2.45, 2.75) is 0 Å². The lowest BCUT2D eigenvalue weighted by Crippen LogP contribution is -1.72. The molecule has 0 saturated heterocycles. The van der Waals surface area contributed by atoms with E-state index in [0.29, 0.717) is 0 Å². The van der Waals surface area contributed by atoms with Crippen LogP contribution in [-0.2, 0) is 0 Å². The highest BCUT2D eigenvalue weighted by atomic mass is 32.1. The van der Waals surface area contributed by atoms with E-state index >= 15 is 0 Å². The van der Waals surface area contributed by atoms with Crippen molar-refractivity contribution in [3.8, 4) is 21.9 Å². The largest absolute Gasteiger partial charge is 0.391 e. The molecule has 0 aliphatic carbocycles.